The molecule has 0 atom stereocenters. The van der Waals surface area contributed by atoms with E-state index in [2.05, 4.69) is 161 Å². The van der Waals surface area contributed by atoms with Gasteiger partial charge in [-0.05, 0) is 123 Å². The van der Waals surface area contributed by atoms with Gasteiger partial charge in [0.2, 0.25) is 0 Å². The zero-order valence-electron chi connectivity index (χ0n) is 31.1. The number of fused-ring (bicyclic) bond motifs is 15. The highest BCUT2D eigenvalue weighted by atomic mass is 15.2. The van der Waals surface area contributed by atoms with Crippen LogP contribution in [0.2, 0.25) is 0 Å². The summed E-state index contributed by atoms with van der Waals surface area (Å²) in [5, 5.41) is 0. The molecule has 0 unspecified atom stereocenters. The Morgan fingerprint density at radius 3 is 1.78 bits per heavy atom. The molecule has 2 spiro atoms. The molecule has 13 rings (SSSR count). The average Bonchev–Trinajstić information content (AvgIpc) is 4.05. The Morgan fingerprint density at radius 2 is 1.00 bits per heavy atom. The second kappa shape index (κ2) is 10.9. The number of rotatable bonds is 2. The lowest BCUT2D eigenvalue weighted by atomic mass is 9.33. The van der Waals surface area contributed by atoms with Crippen LogP contribution in [-0.4, -0.2) is 6.71 Å². The number of anilines is 6. The molecule has 7 aromatic rings. The quantitative estimate of drug-likeness (QED) is 0.165. The van der Waals surface area contributed by atoms with Crippen molar-refractivity contribution in [3.05, 3.63) is 174 Å². The van der Waals surface area contributed by atoms with Gasteiger partial charge in [-0.1, -0.05) is 135 Å². The van der Waals surface area contributed by atoms with Gasteiger partial charge in [0, 0.05) is 50.5 Å². The molecule has 4 aliphatic carbocycles. The van der Waals surface area contributed by atoms with Gasteiger partial charge in [0.15, 0.2) is 0 Å². The van der Waals surface area contributed by atoms with E-state index in [0.29, 0.717) is 0 Å². The highest BCUT2D eigenvalue weighted by molar-refractivity contribution is 7.00. The van der Waals surface area contributed by atoms with E-state index in [-0.39, 0.29) is 17.5 Å². The summed E-state index contributed by atoms with van der Waals surface area (Å²) >= 11 is 0. The third kappa shape index (κ3) is 3.77. The van der Waals surface area contributed by atoms with Crippen LogP contribution in [0, 0.1) is 0 Å². The first-order chi connectivity index (χ1) is 27.3. The van der Waals surface area contributed by atoms with Crippen LogP contribution in [0.5, 0.6) is 0 Å². The molecule has 7 aromatic carbocycles. The Balaban J connectivity index is 1.14. The molecule has 2 fully saturated rings. The van der Waals surface area contributed by atoms with Crippen LogP contribution in [0.4, 0.5) is 34.1 Å². The predicted molar refractivity (Wildman–Crippen MR) is 230 cm³/mol. The first kappa shape index (κ1) is 30.5. The summed E-state index contributed by atoms with van der Waals surface area (Å²) in [6, 6.07) is 58.7. The van der Waals surface area contributed by atoms with E-state index in [1.165, 1.54) is 130 Å². The number of benzene rings is 7. The SMILES string of the molecule is c1ccc(N2c3ccccc3B3c4ccc5c(c4N(c4ccc6c(c4)C4(CCCC4)c4ccccc4-6)c4cccc2c43)-c2ccccc2C52CCCC2)cc1. The Bertz CT molecular complexity index is 2750. The lowest BCUT2D eigenvalue weighted by Gasteiger charge is -2.45. The minimum absolute atomic E-state index is 0.0941. The molecule has 2 nitrogen and oxygen atoms in total. The van der Waals surface area contributed by atoms with Gasteiger partial charge in [-0.3, -0.25) is 0 Å². The van der Waals surface area contributed by atoms with Gasteiger partial charge < -0.3 is 9.80 Å². The summed E-state index contributed by atoms with van der Waals surface area (Å²) in [5.41, 5.74) is 24.1. The van der Waals surface area contributed by atoms with Gasteiger partial charge in [0.05, 0.1) is 0 Å². The predicted octanol–water partition coefficient (Wildman–Crippen LogP) is 11.5. The van der Waals surface area contributed by atoms with Gasteiger partial charge in [0.1, 0.15) is 0 Å². The second-order valence-electron chi connectivity index (χ2n) is 17.0. The fourth-order valence-corrected chi connectivity index (χ4v) is 12.6. The molecule has 2 aliphatic heterocycles. The van der Waals surface area contributed by atoms with E-state index >= 15 is 0 Å². The molecule has 0 saturated heterocycles. The van der Waals surface area contributed by atoms with Gasteiger partial charge in [-0.15, -0.1) is 0 Å². The standard InChI is InChI=1S/C52H41BN2/c1-2-15-34(16-3-1)54-45-22-9-8-21-43(45)53-44-28-27-41-48(38-18-5-7-20-40(38)51(41)29-10-11-30-51)50(44)55(47-24-14-23-46(54)49(47)53)35-25-26-37-36-17-4-6-19-39(36)52(42(37)33-35)31-12-13-32-52/h1-9,14-28,33H,10-13,29-32H2. The monoisotopic (exact) mass is 704 g/mol. The molecule has 0 bridgehead atoms. The maximum Gasteiger partial charge on any atom is 0.252 e. The topological polar surface area (TPSA) is 6.48 Å². The minimum atomic E-state index is 0.0941. The zero-order valence-corrected chi connectivity index (χ0v) is 31.1. The van der Waals surface area contributed by atoms with Crippen LogP contribution >= 0.6 is 0 Å². The van der Waals surface area contributed by atoms with Crippen LogP contribution in [0.3, 0.4) is 0 Å². The second-order valence-corrected chi connectivity index (χ2v) is 17.0. The molecule has 6 aliphatic rings. The van der Waals surface area contributed by atoms with Crippen molar-refractivity contribution in [1.82, 2.24) is 0 Å². The van der Waals surface area contributed by atoms with Gasteiger partial charge in [-0.25, -0.2) is 0 Å². The molecule has 0 amide bonds. The fourth-order valence-electron chi connectivity index (χ4n) is 12.6. The third-order valence-electron chi connectivity index (χ3n) is 14.7. The van der Waals surface area contributed by atoms with Crippen LogP contribution < -0.4 is 26.2 Å². The average molecular weight is 705 g/mol. The van der Waals surface area contributed by atoms with Crippen molar-refractivity contribution in [2.75, 3.05) is 9.80 Å². The van der Waals surface area contributed by atoms with Crippen LogP contribution in [0.15, 0.2) is 152 Å². The molecule has 2 saturated carbocycles. The summed E-state index contributed by atoms with van der Waals surface area (Å²) in [7, 11) is 0. The Labute approximate surface area is 324 Å². The molecular formula is C52H41BN2. The summed E-state index contributed by atoms with van der Waals surface area (Å²) in [4.78, 5) is 5.23. The molecule has 0 radical (unpaired) electrons. The first-order valence-electron chi connectivity index (χ1n) is 20.7. The van der Waals surface area contributed by atoms with E-state index in [9.17, 15) is 0 Å². The van der Waals surface area contributed by atoms with E-state index in [0.717, 1.165) is 0 Å². The van der Waals surface area contributed by atoms with Crippen molar-refractivity contribution in [2.45, 2.75) is 62.2 Å². The molecule has 0 aromatic heterocycles. The Hall–Kier alpha value is -5.80. The molecule has 3 heteroatoms. The van der Waals surface area contributed by atoms with Crippen LogP contribution in [-0.2, 0) is 10.8 Å². The summed E-state index contributed by atoms with van der Waals surface area (Å²) in [6.45, 7) is 0.117. The maximum absolute atomic E-state index is 2.72. The van der Waals surface area contributed by atoms with Crippen molar-refractivity contribution in [3.8, 4) is 22.3 Å². The van der Waals surface area contributed by atoms with Crippen molar-refractivity contribution < 1.29 is 0 Å². The lowest BCUT2D eigenvalue weighted by molar-refractivity contribution is 0.550. The smallest absolute Gasteiger partial charge is 0.252 e. The number of nitrogens with zero attached hydrogens (tertiary/aromatic N) is 2. The molecule has 0 N–H and O–H groups in total. The van der Waals surface area contributed by atoms with Crippen LogP contribution in [0.25, 0.3) is 22.3 Å². The third-order valence-corrected chi connectivity index (χ3v) is 14.7. The lowest BCUT2D eigenvalue weighted by Crippen LogP contribution is -2.61. The Morgan fingerprint density at radius 1 is 0.400 bits per heavy atom. The van der Waals surface area contributed by atoms with Gasteiger partial charge in [-0.2, -0.15) is 0 Å². The number of hydrogen-bond donors (Lipinski definition) is 0. The summed E-state index contributed by atoms with van der Waals surface area (Å²) < 4.78 is 0. The van der Waals surface area contributed by atoms with E-state index in [4.69, 9.17) is 0 Å². The summed E-state index contributed by atoms with van der Waals surface area (Å²) in [5.74, 6) is 0. The van der Waals surface area contributed by atoms with Crippen molar-refractivity contribution in [2.24, 2.45) is 0 Å². The minimum Gasteiger partial charge on any atom is -0.311 e. The highest BCUT2D eigenvalue weighted by Crippen LogP contribution is 2.62. The van der Waals surface area contributed by atoms with E-state index < -0.39 is 0 Å². The van der Waals surface area contributed by atoms with E-state index in [1.54, 1.807) is 16.7 Å². The largest absolute Gasteiger partial charge is 0.311 e. The molecule has 55 heavy (non-hydrogen) atoms. The number of para-hydroxylation sites is 2. The van der Waals surface area contributed by atoms with E-state index in [1.807, 2.05) is 0 Å². The fraction of sp³-hybridized carbons (Fsp3) is 0.192. The zero-order chi connectivity index (χ0) is 35.9. The van der Waals surface area contributed by atoms with Gasteiger partial charge in [0.25, 0.3) is 6.71 Å². The van der Waals surface area contributed by atoms with Crippen molar-refractivity contribution in [3.63, 3.8) is 0 Å². The summed E-state index contributed by atoms with van der Waals surface area (Å²) in [6.07, 6.45) is 10.1. The first-order valence-corrected chi connectivity index (χ1v) is 20.7. The number of hydrogen-bond acceptors (Lipinski definition) is 2. The van der Waals surface area contributed by atoms with Crippen LogP contribution in [0.1, 0.15) is 73.6 Å². The normalized spacial score (nSPS) is 18.1. The Kier molecular flexibility index (Phi) is 6.06. The van der Waals surface area contributed by atoms with Gasteiger partial charge >= 0.3 is 0 Å². The molecule has 2 heterocycles. The van der Waals surface area contributed by atoms with Crippen molar-refractivity contribution in [1.29, 1.82) is 0 Å². The maximum atomic E-state index is 2.72. The van der Waals surface area contributed by atoms with Crippen molar-refractivity contribution >= 4 is 57.2 Å². The molecular weight excluding hydrogens is 663 g/mol. The molecule has 262 valence electrons. The highest BCUT2D eigenvalue weighted by Gasteiger charge is 2.51.